The number of halogens is 1. The summed E-state index contributed by atoms with van der Waals surface area (Å²) < 4.78 is 5.49. The van der Waals surface area contributed by atoms with Gasteiger partial charge in [0.2, 0.25) is 5.88 Å². The van der Waals surface area contributed by atoms with Gasteiger partial charge < -0.3 is 10.5 Å². The molecule has 0 bridgehead atoms. The number of pyridine rings is 1. The fourth-order valence-corrected chi connectivity index (χ4v) is 1.36. The summed E-state index contributed by atoms with van der Waals surface area (Å²) in [5.74, 6) is 1.10. The van der Waals surface area contributed by atoms with Gasteiger partial charge in [-0.3, -0.25) is 0 Å². The number of aromatic nitrogens is 1. The smallest absolute Gasteiger partial charge is 0.232 e. The summed E-state index contributed by atoms with van der Waals surface area (Å²) in [6.45, 7) is 5.34. The predicted octanol–water partition coefficient (Wildman–Crippen LogP) is 2.62. The van der Waals surface area contributed by atoms with Crippen LogP contribution < -0.4 is 10.5 Å². The van der Waals surface area contributed by atoms with Crippen molar-refractivity contribution in [1.82, 2.24) is 4.98 Å². The maximum absolute atomic E-state index is 6.06. The highest BCUT2D eigenvalue weighted by Gasteiger charge is 2.07. The van der Waals surface area contributed by atoms with Crippen LogP contribution in [-0.4, -0.2) is 11.6 Å². The van der Waals surface area contributed by atoms with Crippen LogP contribution in [-0.2, 0) is 6.54 Å². The largest absolute Gasteiger partial charge is 0.477 e. The first-order chi connectivity index (χ1) is 7.15. The van der Waals surface area contributed by atoms with Gasteiger partial charge in [0.05, 0.1) is 6.61 Å². The lowest BCUT2D eigenvalue weighted by atomic mass is 10.1. The molecule has 0 unspecified atom stereocenters. The maximum atomic E-state index is 6.06. The molecule has 0 aliphatic heterocycles. The molecule has 1 aromatic heterocycles. The van der Waals surface area contributed by atoms with E-state index in [1.54, 1.807) is 12.3 Å². The summed E-state index contributed by atoms with van der Waals surface area (Å²) in [5.41, 5.74) is 6.40. The maximum Gasteiger partial charge on any atom is 0.232 e. The van der Waals surface area contributed by atoms with E-state index >= 15 is 0 Å². The van der Waals surface area contributed by atoms with Crippen molar-refractivity contribution in [3.8, 4) is 5.88 Å². The van der Waals surface area contributed by atoms with E-state index in [9.17, 15) is 0 Å². The Labute approximate surface area is 95.6 Å². The SMILES string of the molecule is CC(C)CCOc1nccc(CN)c1Cl. The molecular formula is C11H17ClN2O. The number of ether oxygens (including phenoxy) is 1. The van der Waals surface area contributed by atoms with Crippen LogP contribution in [0.25, 0.3) is 0 Å². The molecule has 0 radical (unpaired) electrons. The quantitative estimate of drug-likeness (QED) is 0.843. The summed E-state index contributed by atoms with van der Waals surface area (Å²) in [6.07, 6.45) is 2.66. The van der Waals surface area contributed by atoms with Crippen molar-refractivity contribution in [2.75, 3.05) is 6.61 Å². The minimum absolute atomic E-state index is 0.405. The van der Waals surface area contributed by atoms with Gasteiger partial charge in [0.25, 0.3) is 0 Å². The van der Waals surface area contributed by atoms with Gasteiger partial charge in [-0.15, -0.1) is 0 Å². The van der Waals surface area contributed by atoms with E-state index in [0.717, 1.165) is 12.0 Å². The topological polar surface area (TPSA) is 48.1 Å². The lowest BCUT2D eigenvalue weighted by Crippen LogP contribution is -2.05. The zero-order valence-electron chi connectivity index (χ0n) is 9.16. The molecule has 0 fully saturated rings. The first kappa shape index (κ1) is 12.3. The Bertz CT molecular complexity index is 315. The molecule has 3 nitrogen and oxygen atoms in total. The second kappa shape index (κ2) is 5.93. The predicted molar refractivity (Wildman–Crippen MR) is 62.1 cm³/mol. The summed E-state index contributed by atoms with van der Waals surface area (Å²) in [6, 6.07) is 1.80. The molecule has 0 atom stereocenters. The van der Waals surface area contributed by atoms with Gasteiger partial charge in [-0.1, -0.05) is 25.4 Å². The third kappa shape index (κ3) is 3.68. The average molecular weight is 229 g/mol. The molecule has 2 N–H and O–H groups in total. The third-order valence-electron chi connectivity index (χ3n) is 2.09. The van der Waals surface area contributed by atoms with Crippen LogP contribution in [0.3, 0.4) is 0 Å². The van der Waals surface area contributed by atoms with Crippen LogP contribution in [0.2, 0.25) is 5.02 Å². The van der Waals surface area contributed by atoms with E-state index in [2.05, 4.69) is 18.8 Å². The van der Waals surface area contributed by atoms with E-state index < -0.39 is 0 Å². The molecule has 4 heteroatoms. The molecule has 0 saturated heterocycles. The van der Waals surface area contributed by atoms with Gasteiger partial charge in [0.15, 0.2) is 0 Å². The molecule has 15 heavy (non-hydrogen) atoms. The van der Waals surface area contributed by atoms with Crippen molar-refractivity contribution in [2.24, 2.45) is 11.7 Å². The number of nitrogens with zero attached hydrogens (tertiary/aromatic N) is 1. The minimum atomic E-state index is 0.405. The molecule has 84 valence electrons. The molecule has 0 spiro atoms. The lowest BCUT2D eigenvalue weighted by Gasteiger charge is -2.10. The summed E-state index contributed by atoms with van der Waals surface area (Å²) in [5, 5.41) is 0.531. The normalized spacial score (nSPS) is 10.7. The highest BCUT2D eigenvalue weighted by Crippen LogP contribution is 2.25. The van der Waals surface area contributed by atoms with Crippen molar-refractivity contribution in [3.63, 3.8) is 0 Å². The van der Waals surface area contributed by atoms with Gasteiger partial charge >= 0.3 is 0 Å². The second-order valence-corrected chi connectivity index (χ2v) is 4.20. The first-order valence-electron chi connectivity index (χ1n) is 5.11. The molecule has 0 aliphatic rings. The molecule has 0 aliphatic carbocycles. The van der Waals surface area contributed by atoms with Crippen LogP contribution >= 0.6 is 11.6 Å². The average Bonchev–Trinajstić information content (AvgIpc) is 2.20. The van der Waals surface area contributed by atoms with Crippen LogP contribution in [0.15, 0.2) is 12.3 Å². The van der Waals surface area contributed by atoms with Crippen molar-refractivity contribution < 1.29 is 4.74 Å². The number of hydrogen-bond acceptors (Lipinski definition) is 3. The van der Waals surface area contributed by atoms with Crippen molar-refractivity contribution >= 4 is 11.6 Å². The van der Waals surface area contributed by atoms with Crippen LogP contribution in [0, 0.1) is 5.92 Å². The zero-order chi connectivity index (χ0) is 11.3. The molecular weight excluding hydrogens is 212 g/mol. The summed E-state index contributed by atoms with van der Waals surface area (Å²) >= 11 is 6.06. The van der Waals surface area contributed by atoms with Crippen molar-refractivity contribution in [3.05, 3.63) is 22.8 Å². The fraction of sp³-hybridized carbons (Fsp3) is 0.545. The Morgan fingerprint density at radius 2 is 2.27 bits per heavy atom. The molecule has 0 saturated carbocycles. The summed E-state index contributed by atoms with van der Waals surface area (Å²) in [4.78, 5) is 4.07. The highest BCUT2D eigenvalue weighted by atomic mass is 35.5. The Hall–Kier alpha value is -0.800. The van der Waals surface area contributed by atoms with Crippen LogP contribution in [0.1, 0.15) is 25.8 Å². The fourth-order valence-electron chi connectivity index (χ4n) is 1.11. The van der Waals surface area contributed by atoms with E-state index in [0.29, 0.717) is 30.0 Å². The molecule has 1 rings (SSSR count). The first-order valence-corrected chi connectivity index (χ1v) is 5.49. The van der Waals surface area contributed by atoms with E-state index in [-0.39, 0.29) is 0 Å². The van der Waals surface area contributed by atoms with Gasteiger partial charge in [-0.2, -0.15) is 0 Å². The highest BCUT2D eigenvalue weighted by molar-refractivity contribution is 6.32. The monoisotopic (exact) mass is 228 g/mol. The zero-order valence-corrected chi connectivity index (χ0v) is 9.92. The molecule has 0 aromatic carbocycles. The van der Waals surface area contributed by atoms with Crippen LogP contribution in [0.4, 0.5) is 0 Å². The van der Waals surface area contributed by atoms with Crippen molar-refractivity contribution in [2.45, 2.75) is 26.8 Å². The van der Waals surface area contributed by atoms with E-state index in [1.165, 1.54) is 0 Å². The van der Waals surface area contributed by atoms with E-state index in [4.69, 9.17) is 22.1 Å². The number of nitrogens with two attached hydrogens (primary N) is 1. The van der Waals surface area contributed by atoms with E-state index in [1.807, 2.05) is 0 Å². The van der Waals surface area contributed by atoms with Crippen molar-refractivity contribution in [1.29, 1.82) is 0 Å². The van der Waals surface area contributed by atoms with Crippen LogP contribution in [0.5, 0.6) is 5.88 Å². The Balaban J connectivity index is 2.61. The number of hydrogen-bond donors (Lipinski definition) is 1. The van der Waals surface area contributed by atoms with Gasteiger partial charge in [0.1, 0.15) is 5.02 Å². The Morgan fingerprint density at radius 1 is 1.53 bits per heavy atom. The van der Waals surface area contributed by atoms with Gasteiger partial charge in [-0.25, -0.2) is 4.98 Å². The standard InChI is InChI=1S/C11H17ClN2O/c1-8(2)4-6-15-11-10(12)9(7-13)3-5-14-11/h3,5,8H,4,6-7,13H2,1-2H3. The molecule has 0 amide bonds. The number of rotatable bonds is 5. The Morgan fingerprint density at radius 3 is 2.87 bits per heavy atom. The molecule has 1 aromatic rings. The third-order valence-corrected chi connectivity index (χ3v) is 2.50. The lowest BCUT2D eigenvalue weighted by molar-refractivity contribution is 0.279. The second-order valence-electron chi connectivity index (χ2n) is 3.82. The van der Waals surface area contributed by atoms with Gasteiger partial charge in [-0.05, 0) is 24.0 Å². The minimum Gasteiger partial charge on any atom is -0.477 e. The Kier molecular flexibility index (Phi) is 4.85. The van der Waals surface area contributed by atoms with Gasteiger partial charge in [0, 0.05) is 12.7 Å². The molecule has 1 heterocycles. The summed E-state index contributed by atoms with van der Waals surface area (Å²) in [7, 11) is 0.